The highest BCUT2D eigenvalue weighted by Crippen LogP contribution is 2.24. The fourth-order valence-electron chi connectivity index (χ4n) is 4.10. The number of pyridine rings is 1. The number of nitrogens with zero attached hydrogens (tertiary/aromatic N) is 3. The molecule has 0 bridgehead atoms. The van der Waals surface area contributed by atoms with Crippen molar-refractivity contribution in [3.63, 3.8) is 0 Å². The minimum absolute atomic E-state index is 0.127. The van der Waals surface area contributed by atoms with E-state index in [1.807, 2.05) is 39.0 Å². The number of amides is 1. The number of rotatable bonds is 8. The Hall–Kier alpha value is -3.74. The van der Waals surface area contributed by atoms with Gasteiger partial charge in [0.05, 0.1) is 13.7 Å². The Kier molecular flexibility index (Phi) is 7.43. The van der Waals surface area contributed by atoms with Crippen molar-refractivity contribution in [3.05, 3.63) is 88.0 Å². The van der Waals surface area contributed by atoms with Crippen molar-refractivity contribution in [2.75, 3.05) is 13.7 Å². The summed E-state index contributed by atoms with van der Waals surface area (Å²) in [6.07, 6.45) is 3.34. The maximum absolute atomic E-state index is 13.5. The number of esters is 1. The summed E-state index contributed by atoms with van der Waals surface area (Å²) in [4.78, 5) is 44.9. The summed E-state index contributed by atoms with van der Waals surface area (Å²) in [5.41, 5.74) is 4.44. The number of ether oxygens (including phenoxy) is 1. The van der Waals surface area contributed by atoms with Crippen molar-refractivity contribution in [3.8, 4) is 0 Å². The van der Waals surface area contributed by atoms with Crippen molar-refractivity contribution in [1.29, 1.82) is 0 Å². The Morgan fingerprint density at radius 1 is 1.06 bits per heavy atom. The number of carbonyl (C=O) groups excluding carboxylic acids is 3. The van der Waals surface area contributed by atoms with Gasteiger partial charge in [0.15, 0.2) is 5.78 Å². The molecule has 0 fully saturated rings. The van der Waals surface area contributed by atoms with Crippen LogP contribution in [0.2, 0.25) is 0 Å². The zero-order valence-corrected chi connectivity index (χ0v) is 19.7. The second-order valence-corrected chi connectivity index (χ2v) is 7.98. The zero-order valence-electron chi connectivity index (χ0n) is 19.7. The molecule has 0 saturated carbocycles. The molecule has 0 atom stereocenters. The molecule has 3 rings (SSSR count). The van der Waals surface area contributed by atoms with Gasteiger partial charge in [-0.2, -0.15) is 0 Å². The fourth-order valence-corrected chi connectivity index (χ4v) is 4.10. The first-order valence-electron chi connectivity index (χ1n) is 10.8. The third kappa shape index (κ3) is 5.03. The van der Waals surface area contributed by atoms with Gasteiger partial charge in [-0.3, -0.25) is 14.6 Å². The summed E-state index contributed by atoms with van der Waals surface area (Å²) < 4.78 is 6.71. The van der Waals surface area contributed by atoms with Gasteiger partial charge in [0.2, 0.25) is 0 Å². The monoisotopic (exact) mass is 447 g/mol. The average Bonchev–Trinajstić information content (AvgIpc) is 3.08. The molecule has 0 spiro atoms. The number of methoxy groups -OCH3 is 1. The highest BCUT2D eigenvalue weighted by molar-refractivity contribution is 6.06. The number of aryl methyl sites for hydroxylation is 1. The summed E-state index contributed by atoms with van der Waals surface area (Å²) in [5.74, 6) is -0.961. The van der Waals surface area contributed by atoms with E-state index < -0.39 is 5.97 Å². The average molecular weight is 448 g/mol. The van der Waals surface area contributed by atoms with Crippen LogP contribution in [0.5, 0.6) is 0 Å². The second kappa shape index (κ2) is 10.3. The molecule has 7 nitrogen and oxygen atoms in total. The smallest absolute Gasteiger partial charge is 0.354 e. The number of Topliss-reactive ketones (excluding diaryl/α,β-unsaturated/α-hetero) is 1. The van der Waals surface area contributed by atoms with Gasteiger partial charge in [-0.1, -0.05) is 23.8 Å². The molecule has 0 aliphatic heterocycles. The molecule has 0 unspecified atom stereocenters. The molecule has 0 radical (unpaired) electrons. The van der Waals surface area contributed by atoms with Gasteiger partial charge in [0, 0.05) is 42.3 Å². The zero-order chi connectivity index (χ0) is 24.1. The van der Waals surface area contributed by atoms with E-state index in [-0.39, 0.29) is 24.8 Å². The van der Waals surface area contributed by atoms with Crippen LogP contribution in [0.25, 0.3) is 0 Å². The van der Waals surface area contributed by atoms with E-state index in [1.165, 1.54) is 12.0 Å². The lowest BCUT2D eigenvalue weighted by Gasteiger charge is -2.22. The Balaban J connectivity index is 1.98. The summed E-state index contributed by atoms with van der Waals surface area (Å²) in [5, 5.41) is 0. The van der Waals surface area contributed by atoms with E-state index in [0.717, 1.165) is 11.1 Å². The minimum Gasteiger partial charge on any atom is -0.464 e. The largest absolute Gasteiger partial charge is 0.464 e. The molecule has 0 aliphatic carbocycles. The van der Waals surface area contributed by atoms with Gasteiger partial charge in [-0.25, -0.2) is 4.79 Å². The number of hydrogen-bond acceptors (Lipinski definition) is 5. The number of aromatic nitrogens is 2. The van der Waals surface area contributed by atoms with Crippen LogP contribution in [0.1, 0.15) is 60.5 Å². The molecular formula is C26H29N3O4. The lowest BCUT2D eigenvalue weighted by molar-refractivity contribution is 0.0587. The maximum atomic E-state index is 13.5. The molecule has 0 N–H and O–H groups in total. The molecule has 3 aromatic rings. The first-order valence-corrected chi connectivity index (χ1v) is 10.8. The van der Waals surface area contributed by atoms with Gasteiger partial charge >= 0.3 is 5.97 Å². The number of hydrogen-bond donors (Lipinski definition) is 0. The van der Waals surface area contributed by atoms with Crippen molar-refractivity contribution < 1.29 is 19.1 Å². The molecule has 33 heavy (non-hydrogen) atoms. The SMILES string of the molecule is CCn1c(C)c(C(=O)CN(Cc2cccnc2)C(=O)c2ccc(C)cc2)c(C)c1C(=O)OC. The quantitative estimate of drug-likeness (QED) is 0.383. The fraction of sp³-hybridized carbons (Fsp3) is 0.308. The topological polar surface area (TPSA) is 81.5 Å². The first-order chi connectivity index (χ1) is 15.8. The molecule has 1 aromatic carbocycles. The van der Waals surface area contributed by atoms with Crippen molar-refractivity contribution in [2.45, 2.75) is 40.8 Å². The van der Waals surface area contributed by atoms with Gasteiger partial charge in [-0.05, 0) is 57.0 Å². The molecule has 2 aromatic heterocycles. The summed E-state index contributed by atoms with van der Waals surface area (Å²) in [6.45, 7) is 8.04. The van der Waals surface area contributed by atoms with Crippen LogP contribution in [-0.4, -0.2) is 45.8 Å². The predicted molar refractivity (Wildman–Crippen MR) is 125 cm³/mol. The van der Waals surface area contributed by atoms with Crippen molar-refractivity contribution in [2.24, 2.45) is 0 Å². The predicted octanol–water partition coefficient (Wildman–Crippen LogP) is 4.14. The third-order valence-corrected chi connectivity index (χ3v) is 5.76. The van der Waals surface area contributed by atoms with Crippen LogP contribution < -0.4 is 0 Å². The van der Waals surface area contributed by atoms with Crippen LogP contribution in [0.3, 0.4) is 0 Å². The lowest BCUT2D eigenvalue weighted by Crippen LogP contribution is -2.35. The number of ketones is 1. The van der Waals surface area contributed by atoms with Crippen LogP contribution in [0, 0.1) is 20.8 Å². The molecule has 2 heterocycles. The van der Waals surface area contributed by atoms with E-state index >= 15 is 0 Å². The summed E-state index contributed by atoms with van der Waals surface area (Å²) in [7, 11) is 1.32. The summed E-state index contributed by atoms with van der Waals surface area (Å²) in [6, 6.07) is 10.9. The van der Waals surface area contributed by atoms with E-state index in [0.29, 0.717) is 34.6 Å². The van der Waals surface area contributed by atoms with E-state index in [2.05, 4.69) is 4.98 Å². The van der Waals surface area contributed by atoms with Crippen LogP contribution >= 0.6 is 0 Å². The number of benzene rings is 1. The standard InChI is InChI=1S/C26H29N3O4/c1-6-29-19(4)23(18(3)24(29)26(32)33-5)22(30)16-28(15-20-8-7-13-27-14-20)25(31)21-11-9-17(2)10-12-21/h7-14H,6,15-16H2,1-5H3. The van der Waals surface area contributed by atoms with E-state index in [9.17, 15) is 14.4 Å². The first kappa shape index (κ1) is 23.9. The Morgan fingerprint density at radius 3 is 2.33 bits per heavy atom. The van der Waals surface area contributed by atoms with Crippen molar-refractivity contribution >= 4 is 17.7 Å². The molecule has 0 aliphatic rings. The van der Waals surface area contributed by atoms with Gasteiger partial charge in [0.25, 0.3) is 5.91 Å². The van der Waals surface area contributed by atoms with Crippen LogP contribution in [-0.2, 0) is 17.8 Å². The lowest BCUT2D eigenvalue weighted by atomic mass is 10.0. The Morgan fingerprint density at radius 2 is 1.76 bits per heavy atom. The van der Waals surface area contributed by atoms with Gasteiger partial charge in [-0.15, -0.1) is 0 Å². The van der Waals surface area contributed by atoms with E-state index in [4.69, 9.17) is 4.74 Å². The number of carbonyl (C=O) groups is 3. The highest BCUT2D eigenvalue weighted by Gasteiger charge is 2.28. The van der Waals surface area contributed by atoms with E-state index in [1.54, 1.807) is 42.1 Å². The van der Waals surface area contributed by atoms with Crippen molar-refractivity contribution in [1.82, 2.24) is 14.5 Å². The molecule has 7 heteroatoms. The normalized spacial score (nSPS) is 10.7. The van der Waals surface area contributed by atoms with Gasteiger partial charge < -0.3 is 14.2 Å². The summed E-state index contributed by atoms with van der Waals surface area (Å²) >= 11 is 0. The highest BCUT2D eigenvalue weighted by atomic mass is 16.5. The molecular weight excluding hydrogens is 418 g/mol. The molecule has 0 saturated heterocycles. The molecule has 1 amide bonds. The Bertz CT molecular complexity index is 1160. The maximum Gasteiger partial charge on any atom is 0.354 e. The second-order valence-electron chi connectivity index (χ2n) is 7.98. The minimum atomic E-state index is -0.487. The van der Waals surface area contributed by atoms with Gasteiger partial charge in [0.1, 0.15) is 5.69 Å². The van der Waals surface area contributed by atoms with Crippen LogP contribution in [0.4, 0.5) is 0 Å². The Labute approximate surface area is 194 Å². The molecule has 172 valence electrons. The third-order valence-electron chi connectivity index (χ3n) is 5.76. The van der Waals surface area contributed by atoms with Crippen LogP contribution in [0.15, 0.2) is 48.8 Å².